The van der Waals surface area contributed by atoms with E-state index in [1.807, 2.05) is 0 Å². The quantitative estimate of drug-likeness (QED) is 0.786. The smallest absolute Gasteiger partial charge is 0.234 e. The van der Waals surface area contributed by atoms with Crippen LogP contribution in [0.5, 0.6) is 0 Å². The minimum Gasteiger partial charge on any atom is -0.325 e. The van der Waals surface area contributed by atoms with Crippen molar-refractivity contribution < 1.29 is 14.0 Å². The van der Waals surface area contributed by atoms with Crippen molar-refractivity contribution in [1.29, 1.82) is 0 Å². The number of nitrogens with one attached hydrogen (secondary N) is 2. The predicted molar refractivity (Wildman–Crippen MR) is 89.1 cm³/mol. The number of amides is 2. The van der Waals surface area contributed by atoms with Gasteiger partial charge in [0, 0.05) is 11.6 Å². The second kappa shape index (κ2) is 7.39. The molecule has 2 amide bonds. The van der Waals surface area contributed by atoms with Gasteiger partial charge >= 0.3 is 0 Å². The number of hydrogen-bond acceptors (Lipinski definition) is 5. The molecule has 0 radical (unpaired) electrons. The summed E-state index contributed by atoms with van der Waals surface area (Å²) in [5, 5.41) is 13.7. The lowest BCUT2D eigenvalue weighted by molar-refractivity contribution is -0.117. The van der Waals surface area contributed by atoms with Crippen LogP contribution in [0.4, 0.5) is 15.9 Å². The molecule has 3 rings (SSSR count). The van der Waals surface area contributed by atoms with Crippen molar-refractivity contribution in [3.05, 3.63) is 42.2 Å². The Morgan fingerprint density at radius 3 is 2.67 bits per heavy atom. The molecule has 1 aliphatic rings. The van der Waals surface area contributed by atoms with Gasteiger partial charge in [-0.2, -0.15) is 0 Å². The lowest BCUT2D eigenvalue weighted by Crippen LogP contribution is -2.15. The minimum atomic E-state index is -0.407. The molecule has 0 aliphatic heterocycles. The van der Waals surface area contributed by atoms with Gasteiger partial charge in [0.15, 0.2) is 5.82 Å². The summed E-state index contributed by atoms with van der Waals surface area (Å²) in [4.78, 5) is 23.4. The highest BCUT2D eigenvalue weighted by Gasteiger charge is 2.29. The molecule has 0 saturated heterocycles. The molecule has 1 fully saturated rings. The lowest BCUT2D eigenvalue weighted by atomic mass is 10.3. The highest BCUT2D eigenvalue weighted by atomic mass is 32.2. The van der Waals surface area contributed by atoms with Gasteiger partial charge in [0.1, 0.15) is 10.8 Å². The third-order valence-electron chi connectivity index (χ3n) is 3.30. The van der Waals surface area contributed by atoms with Crippen LogP contribution in [0.2, 0.25) is 0 Å². The van der Waals surface area contributed by atoms with Crippen LogP contribution < -0.4 is 10.6 Å². The van der Waals surface area contributed by atoms with Gasteiger partial charge in [0.05, 0.1) is 5.75 Å². The van der Waals surface area contributed by atoms with E-state index in [1.165, 1.54) is 30.0 Å². The number of aromatic nitrogens is 2. The van der Waals surface area contributed by atoms with Gasteiger partial charge in [-0.1, -0.05) is 17.8 Å². The van der Waals surface area contributed by atoms with Crippen molar-refractivity contribution in [2.75, 3.05) is 16.4 Å². The molecule has 1 aliphatic carbocycles. The Kier molecular flexibility index (Phi) is 5.05. The zero-order chi connectivity index (χ0) is 16.9. The fraction of sp³-hybridized carbons (Fsp3) is 0.250. The summed E-state index contributed by atoms with van der Waals surface area (Å²) < 4.78 is 13.0. The fourth-order valence-corrected chi connectivity index (χ4v) is 2.55. The topological polar surface area (TPSA) is 84.0 Å². The summed E-state index contributed by atoms with van der Waals surface area (Å²) in [7, 11) is 0. The first kappa shape index (κ1) is 16.4. The number of benzene rings is 1. The van der Waals surface area contributed by atoms with E-state index in [-0.39, 0.29) is 23.5 Å². The van der Waals surface area contributed by atoms with Crippen LogP contribution in [-0.4, -0.2) is 27.8 Å². The van der Waals surface area contributed by atoms with Crippen LogP contribution in [-0.2, 0) is 9.59 Å². The second-order valence-electron chi connectivity index (χ2n) is 5.37. The van der Waals surface area contributed by atoms with E-state index in [0.29, 0.717) is 16.5 Å². The number of halogens is 1. The maximum atomic E-state index is 13.0. The molecular formula is C16H15FN4O2S. The third-order valence-corrected chi connectivity index (χ3v) is 4.22. The summed E-state index contributed by atoms with van der Waals surface area (Å²) in [5.74, 6) is -0.0698. The van der Waals surface area contributed by atoms with Crippen molar-refractivity contribution in [1.82, 2.24) is 10.2 Å². The zero-order valence-electron chi connectivity index (χ0n) is 12.7. The molecule has 0 unspecified atom stereocenters. The Hall–Kier alpha value is -2.48. The lowest BCUT2D eigenvalue weighted by Gasteiger charge is -2.05. The molecule has 2 aromatic rings. The normalized spacial score (nSPS) is 13.4. The van der Waals surface area contributed by atoms with Gasteiger partial charge < -0.3 is 10.6 Å². The number of thioether (sulfide) groups is 1. The first-order valence-electron chi connectivity index (χ1n) is 7.43. The molecule has 1 aromatic heterocycles. The average Bonchev–Trinajstić information content (AvgIpc) is 3.39. The van der Waals surface area contributed by atoms with Crippen LogP contribution >= 0.6 is 11.8 Å². The molecule has 6 nitrogen and oxygen atoms in total. The van der Waals surface area contributed by atoms with Gasteiger partial charge in [-0.05, 0) is 43.2 Å². The Labute approximate surface area is 142 Å². The average molecular weight is 346 g/mol. The van der Waals surface area contributed by atoms with Gasteiger partial charge in [-0.25, -0.2) is 4.39 Å². The number of carbonyl (C=O) groups excluding carboxylic acids is 2. The molecule has 0 spiro atoms. The maximum Gasteiger partial charge on any atom is 0.234 e. The standard InChI is InChI=1S/C16H15FN4O2S/c17-11-2-1-3-12(8-11)18-14(22)9-24-15-7-6-13(20-21-15)19-16(23)10-4-5-10/h1-3,6-8,10H,4-5,9H2,(H,18,22)(H,19,20,23). The summed E-state index contributed by atoms with van der Waals surface area (Å²) in [5.41, 5.74) is 0.407. The van der Waals surface area contributed by atoms with Crippen LogP contribution in [0.1, 0.15) is 12.8 Å². The summed E-state index contributed by atoms with van der Waals surface area (Å²) >= 11 is 1.21. The molecule has 0 bridgehead atoms. The molecule has 1 aromatic carbocycles. The Bertz CT molecular complexity index is 750. The summed E-state index contributed by atoms with van der Waals surface area (Å²) in [6.07, 6.45) is 1.85. The molecular weight excluding hydrogens is 331 g/mol. The van der Waals surface area contributed by atoms with Crippen LogP contribution in [0.15, 0.2) is 41.4 Å². The zero-order valence-corrected chi connectivity index (χ0v) is 13.5. The van der Waals surface area contributed by atoms with Crippen LogP contribution in [0.3, 0.4) is 0 Å². The van der Waals surface area contributed by atoms with E-state index in [2.05, 4.69) is 20.8 Å². The van der Waals surface area contributed by atoms with Crippen molar-refractivity contribution in [2.24, 2.45) is 5.92 Å². The Balaban J connectivity index is 1.47. The van der Waals surface area contributed by atoms with E-state index in [9.17, 15) is 14.0 Å². The Morgan fingerprint density at radius 1 is 1.17 bits per heavy atom. The summed E-state index contributed by atoms with van der Waals surface area (Å²) in [6.45, 7) is 0. The third kappa shape index (κ3) is 4.76. The van der Waals surface area contributed by atoms with Crippen LogP contribution in [0.25, 0.3) is 0 Å². The highest BCUT2D eigenvalue weighted by molar-refractivity contribution is 7.99. The van der Waals surface area contributed by atoms with E-state index in [0.717, 1.165) is 12.8 Å². The van der Waals surface area contributed by atoms with Gasteiger partial charge in [0.2, 0.25) is 11.8 Å². The molecule has 1 saturated carbocycles. The van der Waals surface area contributed by atoms with E-state index < -0.39 is 5.82 Å². The maximum absolute atomic E-state index is 13.0. The van der Waals surface area contributed by atoms with E-state index >= 15 is 0 Å². The molecule has 0 atom stereocenters. The first-order valence-corrected chi connectivity index (χ1v) is 8.41. The number of carbonyl (C=O) groups is 2. The van der Waals surface area contributed by atoms with E-state index in [1.54, 1.807) is 18.2 Å². The largest absolute Gasteiger partial charge is 0.325 e. The highest BCUT2D eigenvalue weighted by Crippen LogP contribution is 2.29. The van der Waals surface area contributed by atoms with Gasteiger partial charge in [-0.3, -0.25) is 9.59 Å². The molecule has 8 heteroatoms. The van der Waals surface area contributed by atoms with Crippen molar-refractivity contribution >= 4 is 35.1 Å². The van der Waals surface area contributed by atoms with Gasteiger partial charge in [0.25, 0.3) is 0 Å². The van der Waals surface area contributed by atoms with Gasteiger partial charge in [-0.15, -0.1) is 10.2 Å². The number of hydrogen-bond donors (Lipinski definition) is 2. The molecule has 1 heterocycles. The van der Waals surface area contributed by atoms with Crippen molar-refractivity contribution in [3.63, 3.8) is 0 Å². The number of anilines is 2. The molecule has 124 valence electrons. The second-order valence-corrected chi connectivity index (χ2v) is 6.36. The molecule has 24 heavy (non-hydrogen) atoms. The SMILES string of the molecule is O=C(CSc1ccc(NC(=O)C2CC2)nn1)Nc1cccc(F)c1. The van der Waals surface area contributed by atoms with Crippen LogP contribution in [0, 0.1) is 11.7 Å². The van der Waals surface area contributed by atoms with E-state index in [4.69, 9.17) is 0 Å². The Morgan fingerprint density at radius 2 is 2.00 bits per heavy atom. The monoisotopic (exact) mass is 346 g/mol. The van der Waals surface area contributed by atoms with Crippen molar-refractivity contribution in [3.8, 4) is 0 Å². The first-order chi connectivity index (χ1) is 11.6. The fourth-order valence-electron chi connectivity index (χ4n) is 1.94. The minimum absolute atomic E-state index is 0.0285. The number of nitrogens with zero attached hydrogens (tertiary/aromatic N) is 2. The summed E-state index contributed by atoms with van der Waals surface area (Å²) in [6, 6.07) is 9.04. The van der Waals surface area contributed by atoms with Crippen molar-refractivity contribution in [2.45, 2.75) is 17.9 Å². The number of rotatable bonds is 6. The molecule has 2 N–H and O–H groups in total. The predicted octanol–water partition coefficient (Wildman–Crippen LogP) is 2.70.